The van der Waals surface area contributed by atoms with E-state index < -0.39 is 0 Å². The quantitative estimate of drug-likeness (QED) is 0.842. The van der Waals surface area contributed by atoms with Crippen molar-refractivity contribution < 1.29 is 9.53 Å². The molecule has 2 aromatic carbocycles. The number of aryl methyl sites for hydroxylation is 2. The molecule has 0 spiro atoms. The number of nitrogens with two attached hydrogens (primary N) is 1. The summed E-state index contributed by atoms with van der Waals surface area (Å²) in [5.74, 6) is 0.376. The number of carbonyl (C=O) groups excluding carboxylic acids is 1. The third-order valence-electron chi connectivity index (χ3n) is 3.05. The van der Waals surface area contributed by atoms with Gasteiger partial charge in [-0.3, -0.25) is 4.79 Å². The van der Waals surface area contributed by atoms with E-state index in [4.69, 9.17) is 10.5 Å². The van der Waals surface area contributed by atoms with E-state index in [2.05, 4.69) is 5.32 Å². The van der Waals surface area contributed by atoms with Crippen LogP contribution in [-0.4, -0.2) is 13.0 Å². The van der Waals surface area contributed by atoms with E-state index in [1.54, 1.807) is 19.2 Å². The maximum absolute atomic E-state index is 12.3. The number of amides is 1. The zero-order valence-electron chi connectivity index (χ0n) is 11.9. The van der Waals surface area contributed by atoms with Gasteiger partial charge in [0.2, 0.25) is 0 Å². The molecule has 0 saturated heterocycles. The Morgan fingerprint density at radius 3 is 2.40 bits per heavy atom. The van der Waals surface area contributed by atoms with Crippen molar-refractivity contribution in [2.75, 3.05) is 18.2 Å². The molecule has 0 aliphatic rings. The molecule has 3 N–H and O–H groups in total. The smallest absolute Gasteiger partial charge is 0.257 e. The minimum atomic E-state index is -0.244. The molecule has 0 aliphatic heterocycles. The van der Waals surface area contributed by atoms with Crippen LogP contribution in [0.4, 0.5) is 11.4 Å². The van der Waals surface area contributed by atoms with Gasteiger partial charge in [0.15, 0.2) is 0 Å². The first kappa shape index (κ1) is 13.9. The van der Waals surface area contributed by atoms with Crippen LogP contribution in [0.25, 0.3) is 0 Å². The van der Waals surface area contributed by atoms with Gasteiger partial charge in [0.1, 0.15) is 5.75 Å². The summed E-state index contributed by atoms with van der Waals surface area (Å²) in [5.41, 5.74) is 9.51. The number of nitrogen functional groups attached to an aromatic ring is 1. The number of hydrogen-bond donors (Lipinski definition) is 2. The normalized spacial score (nSPS) is 10.2. The van der Waals surface area contributed by atoms with E-state index in [1.807, 2.05) is 38.1 Å². The number of methoxy groups -OCH3 is 1. The summed E-state index contributed by atoms with van der Waals surface area (Å²) in [7, 11) is 1.57. The van der Waals surface area contributed by atoms with E-state index in [1.165, 1.54) is 0 Å². The first-order valence-corrected chi connectivity index (χ1v) is 6.33. The lowest BCUT2D eigenvalue weighted by atomic mass is 10.1. The molecular formula is C16H18N2O2. The van der Waals surface area contributed by atoms with E-state index in [0.29, 0.717) is 22.7 Å². The van der Waals surface area contributed by atoms with Crippen molar-refractivity contribution in [3.8, 4) is 5.75 Å². The number of rotatable bonds is 3. The molecular weight excluding hydrogens is 252 g/mol. The molecule has 0 atom stereocenters. The Hall–Kier alpha value is -2.49. The second kappa shape index (κ2) is 5.65. The Kier molecular flexibility index (Phi) is 3.94. The predicted octanol–water partition coefficient (Wildman–Crippen LogP) is 3.15. The molecule has 0 fully saturated rings. The van der Waals surface area contributed by atoms with E-state index in [0.717, 1.165) is 11.1 Å². The van der Waals surface area contributed by atoms with Crippen LogP contribution in [0.1, 0.15) is 21.5 Å². The Morgan fingerprint density at radius 1 is 1.10 bits per heavy atom. The molecule has 0 bridgehead atoms. The van der Waals surface area contributed by atoms with Crippen molar-refractivity contribution in [3.05, 3.63) is 53.1 Å². The molecule has 2 rings (SSSR count). The van der Waals surface area contributed by atoms with Gasteiger partial charge >= 0.3 is 0 Å². The Balaban J connectivity index is 2.30. The average Bonchev–Trinajstić information content (AvgIpc) is 2.38. The van der Waals surface area contributed by atoms with Gasteiger partial charge in [0.05, 0.1) is 18.4 Å². The lowest BCUT2D eigenvalue weighted by Crippen LogP contribution is -2.14. The molecule has 4 nitrogen and oxygen atoms in total. The van der Waals surface area contributed by atoms with Gasteiger partial charge in [0, 0.05) is 5.69 Å². The molecule has 0 unspecified atom stereocenters. The molecule has 0 saturated carbocycles. The van der Waals surface area contributed by atoms with Gasteiger partial charge in [0.25, 0.3) is 5.91 Å². The standard InChI is InChI=1S/C16H18N2O2/c1-10-4-6-12(13(17)8-10)16(19)18-14-9-11(2)5-7-15(14)20-3/h4-9H,17H2,1-3H3,(H,18,19). The SMILES string of the molecule is COc1ccc(C)cc1NC(=O)c1ccc(C)cc1N. The zero-order chi connectivity index (χ0) is 14.7. The number of nitrogens with one attached hydrogen (secondary N) is 1. The molecule has 2 aromatic rings. The largest absolute Gasteiger partial charge is 0.495 e. The molecule has 4 heteroatoms. The summed E-state index contributed by atoms with van der Waals surface area (Å²) in [4.78, 5) is 12.3. The Labute approximate surface area is 118 Å². The van der Waals surface area contributed by atoms with Crippen LogP contribution in [0.15, 0.2) is 36.4 Å². The summed E-state index contributed by atoms with van der Waals surface area (Å²) in [6, 6.07) is 11.0. The highest BCUT2D eigenvalue weighted by Crippen LogP contribution is 2.26. The average molecular weight is 270 g/mol. The van der Waals surface area contributed by atoms with Crippen LogP contribution in [0, 0.1) is 13.8 Å². The van der Waals surface area contributed by atoms with Crippen molar-refractivity contribution in [1.82, 2.24) is 0 Å². The maximum Gasteiger partial charge on any atom is 0.257 e. The number of hydrogen-bond acceptors (Lipinski definition) is 3. The number of ether oxygens (including phenoxy) is 1. The van der Waals surface area contributed by atoms with E-state index >= 15 is 0 Å². The number of anilines is 2. The fourth-order valence-electron chi connectivity index (χ4n) is 2.00. The minimum Gasteiger partial charge on any atom is -0.495 e. The second-order valence-electron chi connectivity index (χ2n) is 4.75. The second-order valence-corrected chi connectivity index (χ2v) is 4.75. The van der Waals surface area contributed by atoms with Gasteiger partial charge in [-0.1, -0.05) is 12.1 Å². The van der Waals surface area contributed by atoms with Crippen LogP contribution in [0.5, 0.6) is 5.75 Å². The Bertz CT molecular complexity index is 651. The van der Waals surface area contributed by atoms with E-state index in [-0.39, 0.29) is 5.91 Å². The summed E-state index contributed by atoms with van der Waals surface area (Å²) in [6.07, 6.45) is 0. The van der Waals surface area contributed by atoms with Crippen LogP contribution < -0.4 is 15.8 Å². The highest BCUT2D eigenvalue weighted by atomic mass is 16.5. The first-order chi connectivity index (χ1) is 9.51. The number of carbonyl (C=O) groups is 1. The predicted molar refractivity (Wildman–Crippen MR) is 81.3 cm³/mol. The molecule has 0 aliphatic carbocycles. The monoisotopic (exact) mass is 270 g/mol. The van der Waals surface area contributed by atoms with E-state index in [9.17, 15) is 4.79 Å². The van der Waals surface area contributed by atoms with Crippen molar-refractivity contribution in [2.24, 2.45) is 0 Å². The fourth-order valence-corrected chi connectivity index (χ4v) is 2.00. The van der Waals surface area contributed by atoms with Gasteiger partial charge < -0.3 is 15.8 Å². The highest BCUT2D eigenvalue weighted by Gasteiger charge is 2.12. The molecule has 104 valence electrons. The van der Waals surface area contributed by atoms with Gasteiger partial charge in [-0.25, -0.2) is 0 Å². The third-order valence-corrected chi connectivity index (χ3v) is 3.05. The van der Waals surface area contributed by atoms with Crippen molar-refractivity contribution >= 4 is 17.3 Å². The van der Waals surface area contributed by atoms with Crippen LogP contribution in [-0.2, 0) is 0 Å². The van der Waals surface area contributed by atoms with Gasteiger partial charge in [-0.2, -0.15) is 0 Å². The lowest BCUT2D eigenvalue weighted by Gasteiger charge is -2.12. The first-order valence-electron chi connectivity index (χ1n) is 6.33. The van der Waals surface area contributed by atoms with Crippen LogP contribution in [0.3, 0.4) is 0 Å². The summed E-state index contributed by atoms with van der Waals surface area (Å²) in [5, 5.41) is 2.83. The molecule has 20 heavy (non-hydrogen) atoms. The van der Waals surface area contributed by atoms with Crippen LogP contribution >= 0.6 is 0 Å². The molecule has 0 radical (unpaired) electrons. The van der Waals surface area contributed by atoms with Crippen molar-refractivity contribution in [2.45, 2.75) is 13.8 Å². The molecule has 1 amide bonds. The highest BCUT2D eigenvalue weighted by molar-refractivity contribution is 6.08. The van der Waals surface area contributed by atoms with Crippen molar-refractivity contribution in [3.63, 3.8) is 0 Å². The summed E-state index contributed by atoms with van der Waals surface area (Å²) in [6.45, 7) is 3.89. The molecule has 0 heterocycles. The third kappa shape index (κ3) is 2.91. The van der Waals surface area contributed by atoms with Crippen molar-refractivity contribution in [1.29, 1.82) is 0 Å². The summed E-state index contributed by atoms with van der Waals surface area (Å²) < 4.78 is 5.24. The van der Waals surface area contributed by atoms with Crippen LogP contribution in [0.2, 0.25) is 0 Å². The summed E-state index contributed by atoms with van der Waals surface area (Å²) >= 11 is 0. The minimum absolute atomic E-state index is 0.244. The van der Waals surface area contributed by atoms with Gasteiger partial charge in [-0.15, -0.1) is 0 Å². The molecule has 0 aromatic heterocycles. The zero-order valence-corrected chi connectivity index (χ0v) is 11.9. The maximum atomic E-state index is 12.3. The number of benzene rings is 2. The fraction of sp³-hybridized carbons (Fsp3) is 0.188. The lowest BCUT2D eigenvalue weighted by molar-refractivity contribution is 0.102. The Morgan fingerprint density at radius 2 is 1.75 bits per heavy atom. The topological polar surface area (TPSA) is 64.3 Å². The van der Waals surface area contributed by atoms with Gasteiger partial charge in [-0.05, 0) is 49.2 Å².